The van der Waals surface area contributed by atoms with Crippen molar-refractivity contribution >= 4 is 5.97 Å². The Morgan fingerprint density at radius 3 is 1.87 bits per heavy atom. The maximum atomic E-state index is 13.6. The number of halogens is 2. The average molecular weight is 319 g/mol. The lowest BCUT2D eigenvalue weighted by molar-refractivity contribution is -0.149. The summed E-state index contributed by atoms with van der Waals surface area (Å²) in [5.74, 6) is -1.87. The van der Waals surface area contributed by atoms with Gasteiger partial charge in [-0.2, -0.15) is 0 Å². The molecule has 0 saturated carbocycles. The lowest BCUT2D eigenvalue weighted by Crippen LogP contribution is -2.33. The summed E-state index contributed by atoms with van der Waals surface area (Å²) >= 11 is 0. The van der Waals surface area contributed by atoms with Crippen LogP contribution in [0, 0.1) is 11.6 Å². The number of nitrogens with two attached hydrogens (primary N) is 1. The fraction of sp³-hybridized carbons (Fsp3) is 0.278. The molecule has 0 bridgehead atoms. The zero-order valence-electron chi connectivity index (χ0n) is 13.0. The Labute approximate surface area is 134 Å². The number of esters is 1. The van der Waals surface area contributed by atoms with Crippen molar-refractivity contribution in [1.82, 2.24) is 0 Å². The minimum absolute atomic E-state index is 0.408. The van der Waals surface area contributed by atoms with E-state index in [1.165, 1.54) is 31.2 Å². The number of benzene rings is 2. The molecule has 5 heteroatoms. The largest absolute Gasteiger partial charge is 0.461 e. The van der Waals surface area contributed by atoms with Gasteiger partial charge < -0.3 is 10.5 Å². The smallest absolute Gasteiger partial charge is 0.322 e. The number of ether oxygens (including phenoxy) is 1. The molecule has 0 aromatic heterocycles. The first-order valence-corrected chi connectivity index (χ1v) is 7.35. The Bertz CT molecular complexity index is 643. The van der Waals surface area contributed by atoms with Crippen LogP contribution in [0.15, 0.2) is 48.5 Å². The van der Waals surface area contributed by atoms with Gasteiger partial charge in [0.2, 0.25) is 0 Å². The molecule has 0 radical (unpaired) electrons. The maximum Gasteiger partial charge on any atom is 0.322 e. The van der Waals surface area contributed by atoms with E-state index in [1.54, 1.807) is 31.2 Å². The molecule has 0 unspecified atom stereocenters. The second-order valence-electron chi connectivity index (χ2n) is 5.52. The van der Waals surface area contributed by atoms with E-state index < -0.39 is 35.7 Å². The highest BCUT2D eigenvalue weighted by Gasteiger charge is 2.26. The molecule has 0 fully saturated rings. The molecule has 0 heterocycles. The van der Waals surface area contributed by atoms with Gasteiger partial charge in [0.05, 0.1) is 0 Å². The molecule has 23 heavy (non-hydrogen) atoms. The second-order valence-corrected chi connectivity index (χ2v) is 5.52. The normalized spacial score (nSPS) is 13.7. The molecule has 2 aromatic rings. The number of carbonyl (C=O) groups excluding carboxylic acids is 1. The molecule has 2 N–H and O–H groups in total. The summed E-state index contributed by atoms with van der Waals surface area (Å²) in [6, 6.07) is 11.2. The van der Waals surface area contributed by atoms with Gasteiger partial charge >= 0.3 is 5.97 Å². The highest BCUT2D eigenvalue weighted by atomic mass is 19.1. The molecule has 0 aliphatic heterocycles. The molecular formula is C18H19F2NO2. The Kier molecular flexibility index (Phi) is 5.45. The summed E-state index contributed by atoms with van der Waals surface area (Å²) in [6.45, 7) is 3.20. The van der Waals surface area contributed by atoms with Crippen molar-refractivity contribution in [3.63, 3.8) is 0 Å². The number of carbonyl (C=O) groups is 1. The summed E-state index contributed by atoms with van der Waals surface area (Å²) in [6.07, 6.45) is -0.628. The summed E-state index contributed by atoms with van der Waals surface area (Å²) in [5, 5.41) is 0. The van der Waals surface area contributed by atoms with E-state index in [0.717, 1.165) is 0 Å². The summed E-state index contributed by atoms with van der Waals surface area (Å²) in [7, 11) is 0. The van der Waals surface area contributed by atoms with E-state index in [2.05, 4.69) is 0 Å². The lowest BCUT2D eigenvalue weighted by atomic mass is 9.87. The predicted octanol–water partition coefficient (Wildman–Crippen LogP) is 3.38. The zero-order valence-corrected chi connectivity index (χ0v) is 13.0. The second kappa shape index (κ2) is 7.33. The van der Waals surface area contributed by atoms with Crippen LogP contribution in [0.1, 0.15) is 30.9 Å². The Morgan fingerprint density at radius 1 is 1.00 bits per heavy atom. The Balaban J connectivity index is 2.41. The van der Waals surface area contributed by atoms with Crippen LogP contribution < -0.4 is 5.73 Å². The number of hydrogen-bond acceptors (Lipinski definition) is 3. The van der Waals surface area contributed by atoms with E-state index in [0.29, 0.717) is 11.1 Å². The first kappa shape index (κ1) is 17.1. The molecule has 0 aliphatic carbocycles. The van der Waals surface area contributed by atoms with Crippen LogP contribution in [0.25, 0.3) is 0 Å². The average Bonchev–Trinajstić information content (AvgIpc) is 2.47. The van der Waals surface area contributed by atoms with Gasteiger partial charge in [-0.05, 0) is 49.2 Å². The van der Waals surface area contributed by atoms with Crippen molar-refractivity contribution < 1.29 is 18.3 Å². The van der Waals surface area contributed by atoms with Gasteiger partial charge in [-0.1, -0.05) is 24.3 Å². The van der Waals surface area contributed by atoms with Crippen LogP contribution in [0.3, 0.4) is 0 Å². The number of hydrogen-bond donors (Lipinski definition) is 1. The fourth-order valence-corrected chi connectivity index (χ4v) is 2.49. The van der Waals surface area contributed by atoms with Crippen LogP contribution in [0.4, 0.5) is 8.78 Å². The van der Waals surface area contributed by atoms with Gasteiger partial charge in [0.25, 0.3) is 0 Å². The van der Waals surface area contributed by atoms with Crippen molar-refractivity contribution in [2.45, 2.75) is 31.9 Å². The molecule has 0 amide bonds. The third-order valence-corrected chi connectivity index (χ3v) is 3.56. The molecule has 2 rings (SSSR count). The van der Waals surface area contributed by atoms with Crippen LogP contribution in [0.2, 0.25) is 0 Å². The van der Waals surface area contributed by atoms with Crippen molar-refractivity contribution in [2.75, 3.05) is 0 Å². The van der Waals surface area contributed by atoms with Gasteiger partial charge in [0.1, 0.15) is 23.8 Å². The molecular weight excluding hydrogens is 300 g/mol. The molecule has 2 aromatic carbocycles. The van der Waals surface area contributed by atoms with Crippen molar-refractivity contribution in [1.29, 1.82) is 0 Å². The molecule has 122 valence electrons. The standard InChI is InChI=1S/C18H19F2NO2/c1-11(21)18(22)23-12(2)17(13-5-3-7-15(19)9-13)14-6-4-8-16(20)10-14/h3-12,17H,21H2,1-2H3/t11-,12-/m0/s1. The Morgan fingerprint density at radius 2 is 1.48 bits per heavy atom. The molecule has 0 spiro atoms. The van der Waals surface area contributed by atoms with Gasteiger partial charge in [-0.3, -0.25) is 4.79 Å². The third kappa shape index (κ3) is 4.36. The number of rotatable bonds is 5. The molecule has 3 nitrogen and oxygen atoms in total. The van der Waals surface area contributed by atoms with Gasteiger partial charge in [0.15, 0.2) is 0 Å². The first-order valence-electron chi connectivity index (χ1n) is 7.35. The highest BCUT2D eigenvalue weighted by Crippen LogP contribution is 2.30. The quantitative estimate of drug-likeness (QED) is 0.860. The fourth-order valence-electron chi connectivity index (χ4n) is 2.49. The van der Waals surface area contributed by atoms with Crippen molar-refractivity contribution in [3.8, 4) is 0 Å². The molecule has 0 saturated heterocycles. The van der Waals surface area contributed by atoms with E-state index in [4.69, 9.17) is 10.5 Å². The van der Waals surface area contributed by atoms with Crippen molar-refractivity contribution in [2.24, 2.45) is 5.73 Å². The minimum Gasteiger partial charge on any atom is -0.461 e. The van der Waals surface area contributed by atoms with Gasteiger partial charge in [-0.25, -0.2) is 8.78 Å². The first-order chi connectivity index (χ1) is 10.9. The summed E-state index contributed by atoms with van der Waals surface area (Å²) < 4.78 is 32.5. The SMILES string of the molecule is C[C@H](N)C(=O)O[C@@H](C)C(c1cccc(F)c1)c1cccc(F)c1. The zero-order chi connectivity index (χ0) is 17.0. The minimum atomic E-state index is -0.766. The van der Waals surface area contributed by atoms with Crippen LogP contribution >= 0.6 is 0 Å². The van der Waals surface area contributed by atoms with Gasteiger partial charge in [0, 0.05) is 5.92 Å². The van der Waals surface area contributed by atoms with Crippen molar-refractivity contribution in [3.05, 3.63) is 71.3 Å². The van der Waals surface area contributed by atoms with Gasteiger partial charge in [-0.15, -0.1) is 0 Å². The van der Waals surface area contributed by atoms with Crippen LogP contribution in [0.5, 0.6) is 0 Å². The predicted molar refractivity (Wildman–Crippen MR) is 83.8 cm³/mol. The van der Waals surface area contributed by atoms with E-state index in [9.17, 15) is 13.6 Å². The summed E-state index contributed by atoms with van der Waals surface area (Å²) in [4.78, 5) is 11.8. The third-order valence-electron chi connectivity index (χ3n) is 3.56. The van der Waals surface area contributed by atoms with E-state index in [-0.39, 0.29) is 0 Å². The lowest BCUT2D eigenvalue weighted by Gasteiger charge is -2.26. The monoisotopic (exact) mass is 319 g/mol. The molecule has 0 aliphatic rings. The summed E-state index contributed by atoms with van der Waals surface area (Å²) in [5.41, 5.74) is 6.71. The highest BCUT2D eigenvalue weighted by molar-refractivity contribution is 5.75. The topological polar surface area (TPSA) is 52.3 Å². The van der Waals surface area contributed by atoms with E-state index >= 15 is 0 Å². The van der Waals surface area contributed by atoms with Crippen LogP contribution in [-0.4, -0.2) is 18.1 Å². The van der Waals surface area contributed by atoms with Crippen LogP contribution in [-0.2, 0) is 9.53 Å². The molecule has 2 atom stereocenters. The van der Waals surface area contributed by atoms with E-state index in [1.807, 2.05) is 0 Å². The maximum absolute atomic E-state index is 13.6. The Hall–Kier alpha value is -2.27.